The van der Waals surface area contributed by atoms with Gasteiger partial charge in [-0.05, 0) is 43.2 Å². The first-order valence-electron chi connectivity index (χ1n) is 6.83. The van der Waals surface area contributed by atoms with E-state index in [0.717, 1.165) is 24.5 Å². The van der Waals surface area contributed by atoms with Gasteiger partial charge < -0.3 is 10.1 Å². The normalized spacial score (nSPS) is 12.1. The Balaban J connectivity index is 1.91. The molecule has 0 saturated carbocycles. The van der Waals surface area contributed by atoms with Gasteiger partial charge in [0.2, 0.25) is 0 Å². The van der Waals surface area contributed by atoms with Crippen molar-refractivity contribution in [1.82, 2.24) is 5.32 Å². The molecule has 0 saturated heterocycles. The molecular weight excluding hydrogens is 234 g/mol. The molecule has 0 aliphatic heterocycles. The van der Waals surface area contributed by atoms with Gasteiger partial charge in [0.05, 0.1) is 0 Å². The van der Waals surface area contributed by atoms with E-state index in [2.05, 4.69) is 31.3 Å². The Hall–Kier alpha value is -1.80. The summed E-state index contributed by atoms with van der Waals surface area (Å²) in [6.45, 7) is 5.29. The van der Waals surface area contributed by atoms with Crippen LogP contribution in [0.1, 0.15) is 25.8 Å². The monoisotopic (exact) mass is 255 g/mol. The fourth-order valence-corrected chi connectivity index (χ4v) is 1.74. The Kier molecular flexibility index (Phi) is 4.99. The lowest BCUT2D eigenvalue weighted by Gasteiger charge is -2.11. The molecule has 2 aromatic rings. The first-order valence-corrected chi connectivity index (χ1v) is 6.83. The molecule has 0 bridgehead atoms. The molecule has 19 heavy (non-hydrogen) atoms. The topological polar surface area (TPSA) is 21.3 Å². The van der Waals surface area contributed by atoms with Crippen LogP contribution in [0.3, 0.4) is 0 Å². The Labute approximate surface area is 115 Å². The minimum absolute atomic E-state index is 0.556. The summed E-state index contributed by atoms with van der Waals surface area (Å²) in [6.07, 6.45) is 1.15. The van der Waals surface area contributed by atoms with E-state index in [9.17, 15) is 0 Å². The van der Waals surface area contributed by atoms with Gasteiger partial charge in [0.1, 0.15) is 11.5 Å². The molecule has 1 N–H and O–H groups in total. The minimum atomic E-state index is 0.556. The van der Waals surface area contributed by atoms with Crippen LogP contribution >= 0.6 is 0 Å². The zero-order valence-corrected chi connectivity index (χ0v) is 11.6. The van der Waals surface area contributed by atoms with Crippen LogP contribution in [-0.2, 0) is 6.54 Å². The lowest BCUT2D eigenvalue weighted by Crippen LogP contribution is -2.24. The van der Waals surface area contributed by atoms with Gasteiger partial charge in [0, 0.05) is 12.6 Å². The van der Waals surface area contributed by atoms with Gasteiger partial charge in [-0.2, -0.15) is 0 Å². The first kappa shape index (κ1) is 13.6. The largest absolute Gasteiger partial charge is 0.457 e. The second-order valence-electron chi connectivity index (χ2n) is 4.75. The minimum Gasteiger partial charge on any atom is -0.457 e. The first-order chi connectivity index (χ1) is 9.28. The van der Waals surface area contributed by atoms with E-state index in [4.69, 9.17) is 4.74 Å². The van der Waals surface area contributed by atoms with Crippen LogP contribution < -0.4 is 10.1 Å². The number of hydrogen-bond donors (Lipinski definition) is 1. The van der Waals surface area contributed by atoms with Crippen LogP contribution in [0.5, 0.6) is 11.5 Å². The van der Waals surface area contributed by atoms with E-state index in [0.29, 0.717) is 6.04 Å². The van der Waals surface area contributed by atoms with Crippen LogP contribution in [0.2, 0.25) is 0 Å². The molecule has 0 spiro atoms. The van der Waals surface area contributed by atoms with E-state index in [-0.39, 0.29) is 0 Å². The molecule has 2 heteroatoms. The molecule has 0 fully saturated rings. The van der Waals surface area contributed by atoms with Crippen molar-refractivity contribution in [3.05, 3.63) is 60.2 Å². The highest BCUT2D eigenvalue weighted by Crippen LogP contribution is 2.21. The highest BCUT2D eigenvalue weighted by molar-refractivity contribution is 5.32. The van der Waals surface area contributed by atoms with Crippen molar-refractivity contribution in [1.29, 1.82) is 0 Å². The van der Waals surface area contributed by atoms with Crippen molar-refractivity contribution in [2.45, 2.75) is 32.9 Å². The van der Waals surface area contributed by atoms with Gasteiger partial charge in [0.25, 0.3) is 0 Å². The summed E-state index contributed by atoms with van der Waals surface area (Å²) < 4.78 is 5.76. The van der Waals surface area contributed by atoms with Gasteiger partial charge in [-0.3, -0.25) is 0 Å². The molecule has 0 amide bonds. The standard InChI is InChI=1S/C17H21NO/c1-3-14(2)18-13-15-9-11-17(12-10-15)19-16-7-5-4-6-8-16/h4-12,14,18H,3,13H2,1-2H3/t14-/m1/s1. The van der Waals surface area contributed by atoms with Crippen molar-refractivity contribution in [3.8, 4) is 11.5 Å². The van der Waals surface area contributed by atoms with E-state index >= 15 is 0 Å². The van der Waals surface area contributed by atoms with Crippen molar-refractivity contribution in [2.75, 3.05) is 0 Å². The number of nitrogens with one attached hydrogen (secondary N) is 1. The fraction of sp³-hybridized carbons (Fsp3) is 0.294. The lowest BCUT2D eigenvalue weighted by atomic mass is 10.2. The molecule has 100 valence electrons. The van der Waals surface area contributed by atoms with Crippen molar-refractivity contribution < 1.29 is 4.74 Å². The lowest BCUT2D eigenvalue weighted by molar-refractivity contribution is 0.482. The van der Waals surface area contributed by atoms with Gasteiger partial charge >= 0.3 is 0 Å². The summed E-state index contributed by atoms with van der Waals surface area (Å²) >= 11 is 0. The Morgan fingerprint density at radius 2 is 1.58 bits per heavy atom. The van der Waals surface area contributed by atoms with Crippen LogP contribution in [-0.4, -0.2) is 6.04 Å². The van der Waals surface area contributed by atoms with Crippen molar-refractivity contribution in [3.63, 3.8) is 0 Å². The summed E-state index contributed by atoms with van der Waals surface area (Å²) in [7, 11) is 0. The van der Waals surface area contributed by atoms with E-state index in [1.54, 1.807) is 0 Å². The average molecular weight is 255 g/mol. The quantitative estimate of drug-likeness (QED) is 0.827. The molecule has 0 heterocycles. The van der Waals surface area contributed by atoms with E-state index in [1.807, 2.05) is 42.5 Å². The summed E-state index contributed by atoms with van der Waals surface area (Å²) in [5.74, 6) is 1.74. The van der Waals surface area contributed by atoms with Gasteiger partial charge in [-0.25, -0.2) is 0 Å². The van der Waals surface area contributed by atoms with Gasteiger partial charge in [-0.1, -0.05) is 37.3 Å². The van der Waals surface area contributed by atoms with Crippen molar-refractivity contribution in [2.24, 2.45) is 0 Å². The fourth-order valence-electron chi connectivity index (χ4n) is 1.74. The Morgan fingerprint density at radius 1 is 0.947 bits per heavy atom. The second-order valence-corrected chi connectivity index (χ2v) is 4.75. The van der Waals surface area contributed by atoms with Crippen LogP contribution in [0, 0.1) is 0 Å². The summed E-state index contributed by atoms with van der Waals surface area (Å²) in [5, 5.41) is 3.48. The molecule has 0 radical (unpaired) electrons. The predicted molar refractivity (Wildman–Crippen MR) is 79.6 cm³/mol. The zero-order chi connectivity index (χ0) is 13.5. The number of para-hydroxylation sites is 1. The predicted octanol–water partition coefficient (Wildman–Crippen LogP) is 4.37. The number of benzene rings is 2. The molecule has 0 aliphatic rings. The molecular formula is C17H21NO. The molecule has 0 unspecified atom stereocenters. The average Bonchev–Trinajstić information content (AvgIpc) is 2.47. The molecule has 2 rings (SSSR count). The van der Waals surface area contributed by atoms with E-state index in [1.165, 1.54) is 5.56 Å². The van der Waals surface area contributed by atoms with Crippen LogP contribution in [0.4, 0.5) is 0 Å². The second kappa shape index (κ2) is 6.95. The number of hydrogen-bond acceptors (Lipinski definition) is 2. The maximum absolute atomic E-state index is 5.76. The number of ether oxygens (including phenoxy) is 1. The third kappa shape index (κ3) is 4.42. The molecule has 1 atom stereocenters. The maximum Gasteiger partial charge on any atom is 0.127 e. The highest BCUT2D eigenvalue weighted by atomic mass is 16.5. The third-order valence-electron chi connectivity index (χ3n) is 3.17. The maximum atomic E-state index is 5.76. The van der Waals surface area contributed by atoms with Crippen molar-refractivity contribution >= 4 is 0 Å². The van der Waals surface area contributed by atoms with Gasteiger partial charge in [0.15, 0.2) is 0 Å². The van der Waals surface area contributed by atoms with Crippen LogP contribution in [0.15, 0.2) is 54.6 Å². The van der Waals surface area contributed by atoms with Crippen LogP contribution in [0.25, 0.3) is 0 Å². The Morgan fingerprint density at radius 3 is 2.21 bits per heavy atom. The summed E-state index contributed by atoms with van der Waals surface area (Å²) in [5.41, 5.74) is 1.28. The molecule has 0 aliphatic carbocycles. The van der Waals surface area contributed by atoms with Gasteiger partial charge in [-0.15, -0.1) is 0 Å². The SMILES string of the molecule is CC[C@@H](C)NCc1ccc(Oc2ccccc2)cc1. The zero-order valence-electron chi connectivity index (χ0n) is 11.6. The molecule has 2 aromatic carbocycles. The highest BCUT2D eigenvalue weighted by Gasteiger charge is 2.00. The summed E-state index contributed by atoms with van der Waals surface area (Å²) in [4.78, 5) is 0. The number of rotatable bonds is 6. The molecule has 0 aromatic heterocycles. The van der Waals surface area contributed by atoms with E-state index < -0.39 is 0 Å². The Bertz CT molecular complexity index is 478. The summed E-state index contributed by atoms with van der Waals surface area (Å²) in [6, 6.07) is 18.6. The third-order valence-corrected chi connectivity index (χ3v) is 3.17. The smallest absolute Gasteiger partial charge is 0.127 e. The molecule has 2 nitrogen and oxygen atoms in total.